The molecular weight excluding hydrogens is 382 g/mol. The first-order valence-corrected chi connectivity index (χ1v) is 9.66. The molecule has 0 amide bonds. The van der Waals surface area contributed by atoms with Crippen LogP contribution in [0.2, 0.25) is 0 Å². The van der Waals surface area contributed by atoms with Gasteiger partial charge in [0.1, 0.15) is 0 Å². The van der Waals surface area contributed by atoms with Crippen molar-refractivity contribution in [2.24, 2.45) is 0 Å². The maximum absolute atomic E-state index is 12.0. The minimum absolute atomic E-state index is 0.00928. The van der Waals surface area contributed by atoms with Crippen molar-refractivity contribution in [3.63, 3.8) is 0 Å². The Balaban J connectivity index is 2.05. The molecule has 10 heteroatoms. The quantitative estimate of drug-likeness (QED) is 0.347. The molecule has 0 saturated heterocycles. The largest absolute Gasteiger partial charge is 0.516 e. The van der Waals surface area contributed by atoms with Crippen LogP contribution in [0.1, 0.15) is 19.4 Å². The molecule has 3 rings (SSSR count). The molecule has 3 aromatic rings. The molecule has 28 heavy (non-hydrogen) atoms. The van der Waals surface area contributed by atoms with Crippen molar-refractivity contribution in [3.05, 3.63) is 35.9 Å². The van der Waals surface area contributed by atoms with Gasteiger partial charge in [-0.3, -0.25) is 4.57 Å². The summed E-state index contributed by atoms with van der Waals surface area (Å²) in [6, 6.07) is 9.63. The number of aliphatic hydroxyl groups is 1. The number of carbonyl (C=O) groups excluding carboxylic acids is 1. The minimum atomic E-state index is -0.860. The molecular formula is C18H21N5O4S. The van der Waals surface area contributed by atoms with Gasteiger partial charge < -0.3 is 20.3 Å². The van der Waals surface area contributed by atoms with Crippen LogP contribution in [0.15, 0.2) is 35.5 Å². The van der Waals surface area contributed by atoms with Gasteiger partial charge in [-0.05, 0) is 19.4 Å². The van der Waals surface area contributed by atoms with E-state index in [1.165, 1.54) is 11.8 Å². The Labute approximate surface area is 165 Å². The molecule has 0 unspecified atom stereocenters. The monoisotopic (exact) mass is 403 g/mol. The number of rotatable bonds is 7. The van der Waals surface area contributed by atoms with Crippen LogP contribution >= 0.6 is 11.8 Å². The topological polar surface area (TPSA) is 125 Å². The average molecular weight is 403 g/mol. The van der Waals surface area contributed by atoms with Crippen molar-refractivity contribution in [2.45, 2.75) is 31.7 Å². The van der Waals surface area contributed by atoms with E-state index in [9.17, 15) is 4.79 Å². The Morgan fingerprint density at radius 1 is 1.25 bits per heavy atom. The fourth-order valence-corrected chi connectivity index (χ4v) is 3.05. The summed E-state index contributed by atoms with van der Waals surface area (Å²) in [5.74, 6) is 0.598. The first-order valence-electron chi connectivity index (χ1n) is 8.67. The molecule has 2 heterocycles. The number of aliphatic hydroxyl groups excluding tert-OH is 1. The summed E-state index contributed by atoms with van der Waals surface area (Å²) in [6.07, 6.45) is -1.19. The standard InChI is InChI=1S/C18H21N5O4S/c1-11(2)26-18(25)27-17-20-13-14(19)21-16(28-9-8-24)22-15(13)23(17)10-12-6-4-3-5-7-12/h3-7,11,24H,8-10H2,1-2H3,(H2,19,21,22). The first-order chi connectivity index (χ1) is 13.5. The van der Waals surface area contributed by atoms with E-state index in [1.54, 1.807) is 18.4 Å². The third-order valence-corrected chi connectivity index (χ3v) is 4.41. The predicted octanol–water partition coefficient (Wildman–Crippen LogP) is 2.46. The molecule has 0 aliphatic carbocycles. The number of fused-ring (bicyclic) bond motifs is 1. The lowest BCUT2D eigenvalue weighted by atomic mass is 10.2. The highest BCUT2D eigenvalue weighted by Crippen LogP contribution is 2.27. The maximum Gasteiger partial charge on any atom is 0.516 e. The van der Waals surface area contributed by atoms with Crippen LogP contribution in [0.25, 0.3) is 11.2 Å². The van der Waals surface area contributed by atoms with Crippen molar-refractivity contribution in [2.75, 3.05) is 18.1 Å². The van der Waals surface area contributed by atoms with Gasteiger partial charge in [0.25, 0.3) is 0 Å². The summed E-state index contributed by atoms with van der Waals surface area (Å²) < 4.78 is 12.0. The Morgan fingerprint density at radius 3 is 2.68 bits per heavy atom. The van der Waals surface area contributed by atoms with Crippen molar-refractivity contribution in [1.82, 2.24) is 19.5 Å². The number of thioether (sulfide) groups is 1. The van der Waals surface area contributed by atoms with Gasteiger partial charge in [0.15, 0.2) is 22.1 Å². The molecule has 0 radical (unpaired) electrons. The summed E-state index contributed by atoms with van der Waals surface area (Å²) >= 11 is 1.27. The van der Waals surface area contributed by atoms with Gasteiger partial charge in [0, 0.05) is 5.75 Å². The van der Waals surface area contributed by atoms with Crippen LogP contribution in [0.4, 0.5) is 10.6 Å². The van der Waals surface area contributed by atoms with E-state index in [2.05, 4.69) is 15.0 Å². The molecule has 0 aliphatic rings. The van der Waals surface area contributed by atoms with Gasteiger partial charge in [-0.1, -0.05) is 42.1 Å². The van der Waals surface area contributed by atoms with Crippen LogP contribution in [0.3, 0.4) is 0 Å². The number of carbonyl (C=O) groups is 1. The number of nitrogens with two attached hydrogens (primary N) is 1. The van der Waals surface area contributed by atoms with Crippen LogP contribution < -0.4 is 10.5 Å². The summed E-state index contributed by atoms with van der Waals surface area (Å²) in [6.45, 7) is 3.80. The van der Waals surface area contributed by atoms with Gasteiger partial charge in [-0.15, -0.1) is 0 Å². The number of nitrogen functional groups attached to an aromatic ring is 1. The Morgan fingerprint density at radius 2 is 2.00 bits per heavy atom. The van der Waals surface area contributed by atoms with E-state index in [-0.39, 0.29) is 24.5 Å². The maximum atomic E-state index is 12.0. The second-order valence-electron chi connectivity index (χ2n) is 6.12. The zero-order chi connectivity index (χ0) is 20.1. The zero-order valence-corrected chi connectivity index (χ0v) is 16.3. The molecule has 1 aromatic carbocycles. The van der Waals surface area contributed by atoms with Crippen LogP contribution in [0, 0.1) is 0 Å². The predicted molar refractivity (Wildman–Crippen MR) is 105 cm³/mol. The Hall–Kier alpha value is -2.85. The lowest BCUT2D eigenvalue weighted by Gasteiger charge is -2.10. The fourth-order valence-electron chi connectivity index (χ4n) is 2.46. The summed E-state index contributed by atoms with van der Waals surface area (Å²) in [4.78, 5) is 25.0. The van der Waals surface area contributed by atoms with Crippen molar-refractivity contribution >= 4 is 34.9 Å². The van der Waals surface area contributed by atoms with Gasteiger partial charge >= 0.3 is 12.2 Å². The third-order valence-electron chi connectivity index (χ3n) is 3.58. The number of ether oxygens (including phenoxy) is 2. The zero-order valence-electron chi connectivity index (χ0n) is 15.5. The fraction of sp³-hybridized carbons (Fsp3) is 0.333. The molecule has 0 aliphatic heterocycles. The SMILES string of the molecule is CC(C)OC(=O)Oc1nc2c(N)nc(SCCO)nc2n1Cc1ccccc1. The van der Waals surface area contributed by atoms with Crippen molar-refractivity contribution < 1.29 is 19.4 Å². The molecule has 0 spiro atoms. The molecule has 0 atom stereocenters. The first kappa shape index (κ1) is 19.9. The molecule has 2 aromatic heterocycles. The highest BCUT2D eigenvalue weighted by molar-refractivity contribution is 7.99. The van der Waals surface area contributed by atoms with E-state index in [1.807, 2.05) is 30.3 Å². The number of imidazole rings is 1. The smallest absolute Gasteiger partial charge is 0.431 e. The van der Waals surface area contributed by atoms with Crippen LogP contribution in [-0.2, 0) is 11.3 Å². The summed E-state index contributed by atoms with van der Waals surface area (Å²) in [5, 5.41) is 9.45. The van der Waals surface area contributed by atoms with Gasteiger partial charge in [-0.2, -0.15) is 4.98 Å². The van der Waals surface area contributed by atoms with Crippen molar-refractivity contribution in [1.29, 1.82) is 0 Å². The number of benzene rings is 1. The number of hydrogen-bond acceptors (Lipinski definition) is 9. The van der Waals surface area contributed by atoms with Gasteiger partial charge in [0.2, 0.25) is 0 Å². The van der Waals surface area contributed by atoms with E-state index < -0.39 is 6.16 Å². The highest BCUT2D eigenvalue weighted by atomic mass is 32.2. The van der Waals surface area contributed by atoms with Gasteiger partial charge in [0.05, 0.1) is 19.3 Å². The normalized spacial score (nSPS) is 11.1. The second-order valence-corrected chi connectivity index (χ2v) is 7.18. The lowest BCUT2D eigenvalue weighted by molar-refractivity contribution is 0.0691. The highest BCUT2D eigenvalue weighted by Gasteiger charge is 2.21. The average Bonchev–Trinajstić information content (AvgIpc) is 2.98. The lowest BCUT2D eigenvalue weighted by Crippen LogP contribution is -2.18. The van der Waals surface area contributed by atoms with E-state index in [0.29, 0.717) is 28.6 Å². The molecule has 148 valence electrons. The Bertz CT molecular complexity index is 962. The van der Waals surface area contributed by atoms with E-state index in [0.717, 1.165) is 5.56 Å². The second kappa shape index (κ2) is 8.89. The van der Waals surface area contributed by atoms with Crippen molar-refractivity contribution in [3.8, 4) is 6.01 Å². The number of aromatic nitrogens is 4. The van der Waals surface area contributed by atoms with Crippen LogP contribution in [0.5, 0.6) is 6.01 Å². The summed E-state index contributed by atoms with van der Waals surface area (Å²) in [5.41, 5.74) is 7.77. The third kappa shape index (κ3) is 4.70. The number of hydrogen-bond donors (Lipinski definition) is 2. The Kier molecular flexibility index (Phi) is 6.32. The molecule has 9 nitrogen and oxygen atoms in total. The van der Waals surface area contributed by atoms with E-state index >= 15 is 0 Å². The molecule has 0 bridgehead atoms. The minimum Gasteiger partial charge on any atom is -0.431 e. The van der Waals surface area contributed by atoms with Crippen LogP contribution in [-0.4, -0.2) is 49.2 Å². The molecule has 0 saturated carbocycles. The van der Waals surface area contributed by atoms with E-state index in [4.69, 9.17) is 20.3 Å². The van der Waals surface area contributed by atoms with Gasteiger partial charge in [-0.25, -0.2) is 14.8 Å². The molecule has 0 fully saturated rings. The molecule has 3 N–H and O–H groups in total. The number of nitrogens with zero attached hydrogens (tertiary/aromatic N) is 4. The summed E-state index contributed by atoms with van der Waals surface area (Å²) in [7, 11) is 0. The number of anilines is 1.